The molecular weight excluding hydrogens is 393 g/mol. The van der Waals surface area contributed by atoms with E-state index in [-0.39, 0.29) is 18.5 Å². The fraction of sp³-hybridized carbons (Fsp3) is 0.522. The number of alkyl halides is 3. The summed E-state index contributed by atoms with van der Waals surface area (Å²) in [6.07, 6.45) is 2.55. The summed E-state index contributed by atoms with van der Waals surface area (Å²) in [7, 11) is 0. The average Bonchev–Trinajstić information content (AvgIpc) is 3.12. The summed E-state index contributed by atoms with van der Waals surface area (Å²) in [5.74, 6) is 0.265. The number of carbonyl (C=O) groups is 1. The van der Waals surface area contributed by atoms with E-state index in [0.717, 1.165) is 17.9 Å². The van der Waals surface area contributed by atoms with Crippen molar-refractivity contribution in [2.24, 2.45) is 0 Å². The van der Waals surface area contributed by atoms with Gasteiger partial charge in [0, 0.05) is 13.0 Å². The van der Waals surface area contributed by atoms with Crippen molar-refractivity contribution in [2.75, 3.05) is 13.2 Å². The van der Waals surface area contributed by atoms with E-state index in [1.165, 1.54) is 31.7 Å². The molecule has 0 aromatic heterocycles. The lowest BCUT2D eigenvalue weighted by Crippen LogP contribution is -2.43. The van der Waals surface area contributed by atoms with E-state index in [1.54, 1.807) is 30.3 Å². The minimum atomic E-state index is -4.52. The molecule has 1 heterocycles. The van der Waals surface area contributed by atoms with E-state index in [2.05, 4.69) is 12.3 Å². The topological polar surface area (TPSA) is 41.6 Å². The fourth-order valence-electron chi connectivity index (χ4n) is 3.90. The Kier molecular flexibility index (Phi) is 7.58. The first-order valence-corrected chi connectivity index (χ1v) is 10.7. The van der Waals surface area contributed by atoms with Gasteiger partial charge in [0.15, 0.2) is 6.04 Å². The first kappa shape index (κ1) is 22.4. The van der Waals surface area contributed by atoms with Crippen LogP contribution in [0.4, 0.5) is 13.2 Å². The Labute approximate surface area is 175 Å². The number of carbonyl (C=O) groups excluding carboxylic acids is 1. The Morgan fingerprint density at radius 3 is 2.57 bits per heavy atom. The highest BCUT2D eigenvalue weighted by Gasteiger charge is 2.47. The summed E-state index contributed by atoms with van der Waals surface area (Å²) < 4.78 is 47.5. The van der Waals surface area contributed by atoms with Gasteiger partial charge in [0.05, 0.1) is 6.61 Å². The van der Waals surface area contributed by atoms with Crippen LogP contribution in [0, 0.1) is 0 Å². The predicted octanol–water partition coefficient (Wildman–Crippen LogP) is 5.92. The minimum Gasteiger partial charge on any atom is -0.494 e. The van der Waals surface area contributed by atoms with Gasteiger partial charge in [-0.1, -0.05) is 63.3 Å². The molecular formula is C23H29F3N2O2. The van der Waals surface area contributed by atoms with Gasteiger partial charge < -0.3 is 4.74 Å². The summed E-state index contributed by atoms with van der Waals surface area (Å²) in [6, 6.07) is 8.17. The average molecular weight is 422 g/mol. The van der Waals surface area contributed by atoms with Crippen LogP contribution in [0.15, 0.2) is 36.4 Å². The second-order valence-corrected chi connectivity index (χ2v) is 7.77. The van der Waals surface area contributed by atoms with Crippen LogP contribution >= 0.6 is 0 Å². The zero-order valence-corrected chi connectivity index (χ0v) is 17.3. The van der Waals surface area contributed by atoms with E-state index in [9.17, 15) is 18.0 Å². The Hall–Kier alpha value is -2.28. The Morgan fingerprint density at radius 2 is 1.87 bits per heavy atom. The van der Waals surface area contributed by atoms with Crippen molar-refractivity contribution in [1.82, 2.24) is 10.4 Å². The number of hydrogen-bond donors (Lipinski definition) is 1. The van der Waals surface area contributed by atoms with Gasteiger partial charge in [0.2, 0.25) is 5.91 Å². The van der Waals surface area contributed by atoms with Gasteiger partial charge in [-0.25, -0.2) is 5.01 Å². The van der Waals surface area contributed by atoms with Gasteiger partial charge in [0.25, 0.3) is 0 Å². The number of benzene rings is 2. The maximum absolute atomic E-state index is 13.9. The summed E-state index contributed by atoms with van der Waals surface area (Å²) >= 11 is 0. The van der Waals surface area contributed by atoms with E-state index in [1.807, 2.05) is 0 Å². The van der Waals surface area contributed by atoms with Crippen LogP contribution in [0.5, 0.6) is 5.75 Å². The minimum absolute atomic E-state index is 0.0266. The number of fused-ring (bicyclic) bond motifs is 1. The summed E-state index contributed by atoms with van der Waals surface area (Å²) in [5.41, 5.74) is 2.47. The number of hydrazine groups is 1. The van der Waals surface area contributed by atoms with Gasteiger partial charge in [-0.2, -0.15) is 13.2 Å². The lowest BCUT2D eigenvalue weighted by Gasteiger charge is -2.30. The van der Waals surface area contributed by atoms with Gasteiger partial charge in [-0.05, 0) is 34.9 Å². The van der Waals surface area contributed by atoms with Crippen molar-refractivity contribution >= 4 is 16.7 Å². The molecule has 1 amide bonds. The van der Waals surface area contributed by atoms with Crippen molar-refractivity contribution in [3.63, 3.8) is 0 Å². The molecule has 1 aliphatic heterocycles. The predicted molar refractivity (Wildman–Crippen MR) is 111 cm³/mol. The molecule has 1 atom stereocenters. The molecule has 2 aromatic rings. The SMILES string of the molecule is CCCCCCCCOc1ccc2c([C@H](N3CCC(=O)N3)C(F)(F)F)cccc2c1. The molecule has 1 fully saturated rings. The molecule has 4 nitrogen and oxygen atoms in total. The first-order chi connectivity index (χ1) is 14.4. The molecule has 0 radical (unpaired) electrons. The third-order valence-electron chi connectivity index (χ3n) is 5.42. The molecule has 0 unspecified atom stereocenters. The van der Waals surface area contributed by atoms with Crippen molar-refractivity contribution in [2.45, 2.75) is 64.1 Å². The van der Waals surface area contributed by atoms with Crippen LogP contribution in [-0.2, 0) is 4.79 Å². The Balaban J connectivity index is 1.73. The smallest absolute Gasteiger partial charge is 0.409 e. The van der Waals surface area contributed by atoms with Crippen molar-refractivity contribution in [3.05, 3.63) is 42.0 Å². The lowest BCUT2D eigenvalue weighted by molar-refractivity contribution is -0.190. The number of ether oxygens (including phenoxy) is 1. The van der Waals surface area contributed by atoms with Crippen LogP contribution in [-0.4, -0.2) is 30.2 Å². The number of rotatable bonds is 10. The summed E-state index contributed by atoms with van der Waals surface area (Å²) in [4.78, 5) is 11.5. The third kappa shape index (κ3) is 5.65. The molecule has 3 rings (SSSR count). The molecule has 7 heteroatoms. The third-order valence-corrected chi connectivity index (χ3v) is 5.42. The number of nitrogens with one attached hydrogen (secondary N) is 1. The second kappa shape index (κ2) is 10.2. The summed E-state index contributed by atoms with van der Waals surface area (Å²) in [5, 5.41) is 2.18. The second-order valence-electron chi connectivity index (χ2n) is 7.77. The van der Waals surface area contributed by atoms with Gasteiger partial charge in [-0.3, -0.25) is 10.2 Å². The van der Waals surface area contributed by atoms with E-state index < -0.39 is 18.1 Å². The number of unbranched alkanes of at least 4 members (excludes halogenated alkanes) is 5. The molecule has 0 spiro atoms. The maximum Gasteiger partial charge on any atom is 0.409 e. The van der Waals surface area contributed by atoms with E-state index in [4.69, 9.17) is 4.74 Å². The van der Waals surface area contributed by atoms with Crippen molar-refractivity contribution in [1.29, 1.82) is 0 Å². The van der Waals surface area contributed by atoms with E-state index in [0.29, 0.717) is 23.1 Å². The first-order valence-electron chi connectivity index (χ1n) is 10.7. The number of halogens is 3. The molecule has 1 saturated heterocycles. The monoisotopic (exact) mass is 422 g/mol. The van der Waals surface area contributed by atoms with Gasteiger partial charge in [-0.15, -0.1) is 0 Å². The Bertz CT molecular complexity index is 854. The number of hydrogen-bond acceptors (Lipinski definition) is 3. The van der Waals surface area contributed by atoms with Crippen LogP contribution < -0.4 is 10.2 Å². The maximum atomic E-state index is 13.9. The Morgan fingerprint density at radius 1 is 1.10 bits per heavy atom. The molecule has 0 bridgehead atoms. The zero-order chi connectivity index (χ0) is 21.6. The summed E-state index contributed by atoms with van der Waals surface area (Å²) in [6.45, 7) is 2.81. The van der Waals surface area contributed by atoms with Gasteiger partial charge >= 0.3 is 6.18 Å². The highest BCUT2D eigenvalue weighted by Crippen LogP contribution is 2.41. The van der Waals surface area contributed by atoms with Crippen LogP contribution in [0.25, 0.3) is 10.8 Å². The molecule has 0 aliphatic carbocycles. The van der Waals surface area contributed by atoms with Crippen molar-refractivity contribution < 1.29 is 22.7 Å². The van der Waals surface area contributed by atoms with Crippen LogP contribution in [0.3, 0.4) is 0 Å². The molecule has 1 aliphatic rings. The normalized spacial score (nSPS) is 16.1. The van der Waals surface area contributed by atoms with Crippen molar-refractivity contribution in [3.8, 4) is 5.75 Å². The highest BCUT2D eigenvalue weighted by atomic mass is 19.4. The van der Waals surface area contributed by atoms with Crippen LogP contribution in [0.1, 0.15) is 63.5 Å². The molecule has 1 N–H and O–H groups in total. The van der Waals surface area contributed by atoms with Gasteiger partial charge in [0.1, 0.15) is 5.75 Å². The standard InChI is InChI=1S/C23H29F3N2O2/c1-2-3-4-5-6-7-15-30-18-11-12-19-17(16-18)9-8-10-20(19)22(23(24,25)26)28-14-13-21(29)27-28/h8-12,16,22H,2-7,13-15H2,1H3,(H,27,29)/t22-/m0/s1. The molecule has 30 heavy (non-hydrogen) atoms. The quantitative estimate of drug-likeness (QED) is 0.483. The molecule has 0 saturated carbocycles. The number of amides is 1. The molecule has 164 valence electrons. The van der Waals surface area contributed by atoms with E-state index >= 15 is 0 Å². The zero-order valence-electron chi connectivity index (χ0n) is 17.3. The lowest BCUT2D eigenvalue weighted by atomic mass is 9.97. The van der Waals surface area contributed by atoms with Crippen LogP contribution in [0.2, 0.25) is 0 Å². The highest BCUT2D eigenvalue weighted by molar-refractivity contribution is 5.87. The largest absolute Gasteiger partial charge is 0.494 e. The number of nitrogens with zero attached hydrogens (tertiary/aromatic N) is 1. The molecule has 2 aromatic carbocycles. The fourth-order valence-corrected chi connectivity index (χ4v) is 3.90.